The van der Waals surface area contributed by atoms with Crippen molar-refractivity contribution in [2.24, 2.45) is 5.90 Å². The van der Waals surface area contributed by atoms with Gasteiger partial charge in [0.2, 0.25) is 11.8 Å². The molecule has 0 heterocycles. The third-order valence-corrected chi connectivity index (χ3v) is 3.45. The lowest BCUT2D eigenvalue weighted by molar-refractivity contribution is -0.128. The van der Waals surface area contributed by atoms with Crippen molar-refractivity contribution in [3.63, 3.8) is 0 Å². The number of hydrogen-bond acceptors (Lipinski definition) is 4. The van der Waals surface area contributed by atoms with E-state index in [2.05, 4.69) is 33.1 Å². The summed E-state index contributed by atoms with van der Waals surface area (Å²) in [6.07, 6.45) is 0.492. The number of amides is 2. The summed E-state index contributed by atoms with van der Waals surface area (Å²) in [6, 6.07) is 8.83. The molecule has 0 saturated heterocycles. The molecule has 0 radical (unpaired) electrons. The van der Waals surface area contributed by atoms with Crippen molar-refractivity contribution in [3.05, 3.63) is 47.0 Å². The second kappa shape index (κ2) is 10.1. The second-order valence-electron chi connectivity index (χ2n) is 5.17. The van der Waals surface area contributed by atoms with Crippen LogP contribution < -0.4 is 16.5 Å². The van der Waals surface area contributed by atoms with Gasteiger partial charge in [-0.3, -0.25) is 14.4 Å². The molecule has 1 rings (SSSR count). The van der Waals surface area contributed by atoms with Gasteiger partial charge in [0.1, 0.15) is 12.1 Å². The SMILES string of the molecule is C=C(Br)CC(CNC(=O)[C@H](Cc1ccccc1)NC(C)=O)ON. The quantitative estimate of drug-likeness (QED) is 0.562. The predicted octanol–water partition coefficient (Wildman–Crippen LogP) is 1.41. The first-order valence-corrected chi connectivity index (χ1v) is 7.99. The summed E-state index contributed by atoms with van der Waals surface area (Å²) in [5.74, 6) is 4.66. The van der Waals surface area contributed by atoms with Gasteiger partial charge in [-0.2, -0.15) is 0 Å². The largest absolute Gasteiger partial charge is 0.352 e. The molecule has 0 aliphatic rings. The Hall–Kier alpha value is -1.70. The zero-order chi connectivity index (χ0) is 17.2. The maximum atomic E-state index is 12.3. The van der Waals surface area contributed by atoms with E-state index in [0.29, 0.717) is 12.8 Å². The molecule has 6 nitrogen and oxygen atoms in total. The first-order valence-electron chi connectivity index (χ1n) is 7.20. The molecule has 0 aromatic heterocycles. The minimum atomic E-state index is -0.652. The van der Waals surface area contributed by atoms with Crippen LogP contribution in [0.3, 0.4) is 0 Å². The number of hydrogen-bond donors (Lipinski definition) is 3. The molecule has 1 aromatic carbocycles. The predicted molar refractivity (Wildman–Crippen MR) is 92.5 cm³/mol. The second-order valence-corrected chi connectivity index (χ2v) is 6.29. The lowest BCUT2D eigenvalue weighted by Crippen LogP contribution is -2.49. The van der Waals surface area contributed by atoms with E-state index in [4.69, 9.17) is 10.7 Å². The molecular formula is C16H22BrN3O3. The van der Waals surface area contributed by atoms with Gasteiger partial charge in [-0.15, -0.1) is 0 Å². The first-order chi connectivity index (χ1) is 10.9. The number of benzene rings is 1. The van der Waals surface area contributed by atoms with Crippen LogP contribution in [0.25, 0.3) is 0 Å². The summed E-state index contributed by atoms with van der Waals surface area (Å²) in [6.45, 7) is 5.32. The van der Waals surface area contributed by atoms with Crippen LogP contribution in [-0.4, -0.2) is 30.5 Å². The topological polar surface area (TPSA) is 93.5 Å². The van der Waals surface area contributed by atoms with Gasteiger partial charge in [-0.1, -0.05) is 52.8 Å². The van der Waals surface area contributed by atoms with Crippen molar-refractivity contribution in [1.82, 2.24) is 10.6 Å². The van der Waals surface area contributed by atoms with Crippen molar-refractivity contribution in [1.29, 1.82) is 0 Å². The van der Waals surface area contributed by atoms with Crippen LogP contribution in [0.5, 0.6) is 0 Å². The highest BCUT2D eigenvalue weighted by molar-refractivity contribution is 9.11. The number of carbonyl (C=O) groups is 2. The van der Waals surface area contributed by atoms with E-state index in [1.165, 1.54) is 6.92 Å². The fraction of sp³-hybridized carbons (Fsp3) is 0.375. The Morgan fingerprint density at radius 3 is 2.52 bits per heavy atom. The number of halogens is 1. The third kappa shape index (κ3) is 7.92. The molecule has 4 N–H and O–H groups in total. The molecule has 0 fully saturated rings. The highest BCUT2D eigenvalue weighted by atomic mass is 79.9. The highest BCUT2D eigenvalue weighted by Crippen LogP contribution is 2.11. The van der Waals surface area contributed by atoms with Crippen LogP contribution in [0.4, 0.5) is 0 Å². The summed E-state index contributed by atoms with van der Waals surface area (Å²) in [5.41, 5.74) is 0.960. The fourth-order valence-electron chi connectivity index (χ4n) is 2.06. The van der Waals surface area contributed by atoms with Crippen molar-refractivity contribution >= 4 is 27.7 Å². The minimum Gasteiger partial charge on any atom is -0.352 e. The van der Waals surface area contributed by atoms with Crippen molar-refractivity contribution < 1.29 is 14.4 Å². The van der Waals surface area contributed by atoms with Crippen LogP contribution in [0.1, 0.15) is 18.9 Å². The van der Waals surface area contributed by atoms with E-state index in [1.54, 1.807) is 0 Å². The number of rotatable bonds is 9. The standard InChI is InChI=1S/C16H22BrN3O3/c1-11(17)8-14(23-18)10-19-16(22)15(20-12(2)21)9-13-6-4-3-5-7-13/h3-7,14-15H,1,8-10,18H2,2H3,(H,19,22)(H,20,21)/t14?,15-/m0/s1. The zero-order valence-corrected chi connectivity index (χ0v) is 14.6. The number of carbonyl (C=O) groups excluding carboxylic acids is 2. The molecule has 0 aliphatic heterocycles. The normalized spacial score (nSPS) is 13.0. The van der Waals surface area contributed by atoms with Crippen molar-refractivity contribution in [2.45, 2.75) is 31.9 Å². The Morgan fingerprint density at radius 1 is 1.35 bits per heavy atom. The average Bonchev–Trinajstić information content (AvgIpc) is 2.50. The maximum Gasteiger partial charge on any atom is 0.243 e. The van der Waals surface area contributed by atoms with Crippen molar-refractivity contribution in [2.75, 3.05) is 6.54 Å². The molecule has 126 valence electrons. The van der Waals surface area contributed by atoms with Gasteiger partial charge < -0.3 is 10.6 Å². The monoisotopic (exact) mass is 383 g/mol. The van der Waals surface area contributed by atoms with Gasteiger partial charge in [-0.05, 0) is 10.0 Å². The molecule has 0 bridgehead atoms. The Balaban J connectivity index is 2.64. The smallest absolute Gasteiger partial charge is 0.243 e. The molecule has 1 aromatic rings. The summed E-state index contributed by atoms with van der Waals surface area (Å²) >= 11 is 3.23. The van der Waals surface area contributed by atoms with E-state index in [1.807, 2.05) is 30.3 Å². The van der Waals surface area contributed by atoms with Gasteiger partial charge in [0, 0.05) is 26.3 Å². The Morgan fingerprint density at radius 2 is 2.00 bits per heavy atom. The molecule has 1 unspecified atom stereocenters. The van der Waals surface area contributed by atoms with Crippen LogP contribution in [0.15, 0.2) is 41.4 Å². The van der Waals surface area contributed by atoms with E-state index in [0.717, 1.165) is 10.0 Å². The van der Waals surface area contributed by atoms with E-state index >= 15 is 0 Å². The summed E-state index contributed by atoms with van der Waals surface area (Å²) in [4.78, 5) is 28.5. The van der Waals surface area contributed by atoms with E-state index in [9.17, 15) is 9.59 Å². The Bertz CT molecular complexity index is 537. The molecule has 0 aliphatic carbocycles. The third-order valence-electron chi connectivity index (χ3n) is 3.12. The fourth-order valence-corrected chi connectivity index (χ4v) is 2.42. The molecule has 0 saturated carbocycles. The molecular weight excluding hydrogens is 362 g/mol. The van der Waals surface area contributed by atoms with Crippen LogP contribution in [0, 0.1) is 0 Å². The van der Waals surface area contributed by atoms with E-state index < -0.39 is 6.04 Å². The van der Waals surface area contributed by atoms with Crippen LogP contribution in [0.2, 0.25) is 0 Å². The molecule has 23 heavy (non-hydrogen) atoms. The zero-order valence-electron chi connectivity index (χ0n) is 13.0. The van der Waals surface area contributed by atoms with Crippen LogP contribution in [-0.2, 0) is 20.8 Å². The van der Waals surface area contributed by atoms with Gasteiger partial charge in [0.15, 0.2) is 0 Å². The van der Waals surface area contributed by atoms with Gasteiger partial charge in [0.25, 0.3) is 0 Å². The van der Waals surface area contributed by atoms with Gasteiger partial charge in [0.05, 0.1) is 0 Å². The van der Waals surface area contributed by atoms with Gasteiger partial charge >= 0.3 is 0 Å². The molecule has 7 heteroatoms. The Kier molecular flexibility index (Phi) is 8.53. The Labute approximate surface area is 144 Å². The average molecular weight is 384 g/mol. The summed E-state index contributed by atoms with van der Waals surface area (Å²) < 4.78 is 0.727. The van der Waals surface area contributed by atoms with Gasteiger partial charge in [-0.25, -0.2) is 5.90 Å². The first kappa shape index (κ1) is 19.3. The molecule has 0 spiro atoms. The molecule has 2 amide bonds. The lowest BCUT2D eigenvalue weighted by atomic mass is 10.1. The highest BCUT2D eigenvalue weighted by Gasteiger charge is 2.21. The van der Waals surface area contributed by atoms with Crippen LogP contribution >= 0.6 is 15.9 Å². The number of nitrogens with two attached hydrogens (primary N) is 1. The lowest BCUT2D eigenvalue weighted by Gasteiger charge is -2.20. The van der Waals surface area contributed by atoms with Crippen molar-refractivity contribution in [3.8, 4) is 0 Å². The number of nitrogens with one attached hydrogen (secondary N) is 2. The minimum absolute atomic E-state index is 0.227. The molecule has 2 atom stereocenters. The van der Waals surface area contributed by atoms with E-state index in [-0.39, 0.29) is 24.5 Å². The summed E-state index contributed by atoms with van der Waals surface area (Å²) in [7, 11) is 0. The summed E-state index contributed by atoms with van der Waals surface area (Å²) in [5, 5.41) is 5.40. The maximum absolute atomic E-state index is 12.3.